The fourth-order valence-corrected chi connectivity index (χ4v) is 2.80. The SMILES string of the molecule is C=CC(=O)Nc1ccc2nc(N3CCCC3)nn2c1.COc1nc(N)ncc1C#N. The van der Waals surface area contributed by atoms with E-state index in [2.05, 4.69) is 36.8 Å². The Balaban J connectivity index is 0.000000199. The molecule has 11 heteroatoms. The number of aromatic nitrogens is 5. The number of fused-ring (bicyclic) bond motifs is 1. The molecule has 3 aromatic rings. The first-order valence-electron chi connectivity index (χ1n) is 9.15. The standard InChI is InChI=1S/C13H15N5O.C6H6N4O/c1-2-12(19)14-10-5-6-11-15-13(16-18(11)9-10)17-7-3-4-8-17;1-11-5-4(2-7)3-9-6(8)10-5/h2,5-6,9H,1,3-4,7-8H2,(H,14,19);3H,1H3,(H2,8,9,10). The van der Waals surface area contributed by atoms with Crippen molar-refractivity contribution in [2.24, 2.45) is 0 Å². The van der Waals surface area contributed by atoms with Gasteiger partial charge in [0.05, 0.1) is 25.2 Å². The van der Waals surface area contributed by atoms with E-state index in [9.17, 15) is 4.79 Å². The molecule has 1 saturated heterocycles. The van der Waals surface area contributed by atoms with Crippen LogP contribution in [0.25, 0.3) is 5.65 Å². The molecular weight excluding hydrogens is 386 g/mol. The number of anilines is 3. The lowest BCUT2D eigenvalue weighted by molar-refractivity contribution is -0.111. The fraction of sp³-hybridized carbons (Fsp3) is 0.263. The zero-order valence-electron chi connectivity index (χ0n) is 16.4. The average Bonchev–Trinajstić information content (AvgIpc) is 3.43. The van der Waals surface area contributed by atoms with Gasteiger partial charge < -0.3 is 20.7 Å². The van der Waals surface area contributed by atoms with Crippen molar-refractivity contribution in [2.75, 3.05) is 36.1 Å². The van der Waals surface area contributed by atoms with E-state index in [1.807, 2.05) is 12.1 Å². The van der Waals surface area contributed by atoms with Crippen molar-refractivity contribution in [3.63, 3.8) is 0 Å². The molecular formula is C19H21N9O2. The van der Waals surface area contributed by atoms with Crippen LogP contribution in [-0.4, -0.2) is 50.7 Å². The first kappa shape index (κ1) is 20.5. The van der Waals surface area contributed by atoms with Crippen LogP contribution in [0.15, 0.2) is 37.2 Å². The molecule has 1 aliphatic heterocycles. The molecule has 1 amide bonds. The van der Waals surface area contributed by atoms with Gasteiger partial charge in [-0.2, -0.15) is 15.2 Å². The number of pyridine rings is 1. The van der Waals surface area contributed by atoms with Gasteiger partial charge in [0, 0.05) is 13.1 Å². The average molecular weight is 407 g/mol. The second-order valence-electron chi connectivity index (χ2n) is 6.28. The maximum atomic E-state index is 11.2. The van der Waals surface area contributed by atoms with Gasteiger partial charge in [0.15, 0.2) is 5.65 Å². The molecule has 0 spiro atoms. The lowest BCUT2D eigenvalue weighted by Gasteiger charge is -2.10. The monoisotopic (exact) mass is 407 g/mol. The summed E-state index contributed by atoms with van der Waals surface area (Å²) in [6.07, 6.45) is 6.69. The minimum absolute atomic E-state index is 0.0980. The molecule has 0 radical (unpaired) electrons. The Morgan fingerprint density at radius 3 is 2.80 bits per heavy atom. The summed E-state index contributed by atoms with van der Waals surface area (Å²) in [7, 11) is 1.42. The Bertz CT molecular complexity index is 1100. The highest BCUT2D eigenvalue weighted by Crippen LogP contribution is 2.18. The number of methoxy groups -OCH3 is 1. The van der Waals surface area contributed by atoms with Crippen LogP contribution >= 0.6 is 0 Å². The minimum atomic E-state index is -0.237. The van der Waals surface area contributed by atoms with Crippen molar-refractivity contribution in [1.29, 1.82) is 5.26 Å². The van der Waals surface area contributed by atoms with Gasteiger partial charge in [0.25, 0.3) is 0 Å². The molecule has 0 bridgehead atoms. The van der Waals surface area contributed by atoms with Gasteiger partial charge in [-0.25, -0.2) is 9.50 Å². The lowest BCUT2D eigenvalue weighted by atomic mass is 10.4. The number of nitrogens with zero attached hydrogens (tertiary/aromatic N) is 7. The van der Waals surface area contributed by atoms with Crippen molar-refractivity contribution < 1.29 is 9.53 Å². The number of hydrogen-bond donors (Lipinski definition) is 2. The molecule has 0 aliphatic carbocycles. The molecule has 0 saturated carbocycles. The maximum Gasteiger partial charge on any atom is 0.247 e. The quantitative estimate of drug-likeness (QED) is 0.612. The van der Waals surface area contributed by atoms with Crippen molar-refractivity contribution in [3.8, 4) is 11.9 Å². The zero-order chi connectivity index (χ0) is 21.5. The highest BCUT2D eigenvalue weighted by molar-refractivity contribution is 5.98. The largest absolute Gasteiger partial charge is 0.480 e. The molecule has 11 nitrogen and oxygen atoms in total. The van der Waals surface area contributed by atoms with Crippen molar-refractivity contribution >= 4 is 29.1 Å². The highest BCUT2D eigenvalue weighted by atomic mass is 16.5. The molecule has 0 atom stereocenters. The van der Waals surface area contributed by atoms with Gasteiger partial charge in [0.1, 0.15) is 11.6 Å². The van der Waals surface area contributed by atoms with Gasteiger partial charge in [-0.1, -0.05) is 6.58 Å². The van der Waals surface area contributed by atoms with E-state index in [1.165, 1.54) is 32.2 Å². The van der Waals surface area contributed by atoms with Crippen LogP contribution in [0.3, 0.4) is 0 Å². The summed E-state index contributed by atoms with van der Waals surface area (Å²) in [4.78, 5) is 25.2. The molecule has 30 heavy (non-hydrogen) atoms. The normalized spacial score (nSPS) is 12.6. The summed E-state index contributed by atoms with van der Waals surface area (Å²) in [5.41, 5.74) is 6.98. The number of nitrogens with two attached hydrogens (primary N) is 1. The summed E-state index contributed by atoms with van der Waals surface area (Å²) in [6.45, 7) is 5.44. The molecule has 4 heterocycles. The van der Waals surface area contributed by atoms with Crippen molar-refractivity contribution in [1.82, 2.24) is 24.6 Å². The second kappa shape index (κ2) is 9.33. The summed E-state index contributed by atoms with van der Waals surface area (Å²) in [5.74, 6) is 0.824. The number of carbonyl (C=O) groups excluding carboxylic acids is 1. The van der Waals surface area contributed by atoms with Gasteiger partial charge >= 0.3 is 0 Å². The van der Waals surface area contributed by atoms with Crippen LogP contribution in [-0.2, 0) is 4.79 Å². The zero-order valence-corrected chi connectivity index (χ0v) is 16.4. The predicted molar refractivity (Wildman–Crippen MR) is 111 cm³/mol. The molecule has 154 valence electrons. The van der Waals surface area contributed by atoms with E-state index < -0.39 is 0 Å². The molecule has 0 aromatic carbocycles. The Kier molecular flexibility index (Phi) is 6.39. The summed E-state index contributed by atoms with van der Waals surface area (Å²) in [5, 5.41) is 15.6. The van der Waals surface area contributed by atoms with Gasteiger partial charge in [-0.3, -0.25) is 4.79 Å². The van der Waals surface area contributed by atoms with E-state index in [0.29, 0.717) is 5.69 Å². The summed E-state index contributed by atoms with van der Waals surface area (Å²) < 4.78 is 6.45. The van der Waals surface area contributed by atoms with Crippen LogP contribution in [0.4, 0.5) is 17.6 Å². The number of carbonyl (C=O) groups is 1. The third-order valence-electron chi connectivity index (χ3n) is 4.25. The molecule has 3 aromatic heterocycles. The van der Waals surface area contributed by atoms with Gasteiger partial charge in [0.2, 0.25) is 23.7 Å². The number of amides is 1. The lowest BCUT2D eigenvalue weighted by Crippen LogP contribution is -2.19. The van der Waals surface area contributed by atoms with Crippen LogP contribution in [0.5, 0.6) is 5.88 Å². The van der Waals surface area contributed by atoms with Crippen LogP contribution in [0, 0.1) is 11.3 Å². The topological polar surface area (TPSA) is 147 Å². The summed E-state index contributed by atoms with van der Waals surface area (Å²) >= 11 is 0. The van der Waals surface area contributed by atoms with Crippen molar-refractivity contribution in [3.05, 3.63) is 42.7 Å². The first-order chi connectivity index (χ1) is 14.5. The van der Waals surface area contributed by atoms with E-state index in [0.717, 1.165) is 24.7 Å². The van der Waals surface area contributed by atoms with Crippen LogP contribution < -0.4 is 20.7 Å². The molecule has 1 fully saturated rings. The Morgan fingerprint density at radius 2 is 2.13 bits per heavy atom. The molecule has 4 rings (SSSR count). The predicted octanol–water partition coefficient (Wildman–Crippen LogP) is 1.39. The molecule has 3 N–H and O–H groups in total. The number of nitrogens with one attached hydrogen (secondary N) is 1. The first-order valence-corrected chi connectivity index (χ1v) is 9.15. The van der Waals surface area contributed by atoms with Crippen LogP contribution in [0.1, 0.15) is 18.4 Å². The Morgan fingerprint density at radius 1 is 1.37 bits per heavy atom. The third-order valence-corrected chi connectivity index (χ3v) is 4.25. The summed E-state index contributed by atoms with van der Waals surface area (Å²) in [6, 6.07) is 5.51. The number of ether oxygens (including phenoxy) is 1. The highest BCUT2D eigenvalue weighted by Gasteiger charge is 2.16. The van der Waals surface area contributed by atoms with E-state index in [4.69, 9.17) is 15.7 Å². The van der Waals surface area contributed by atoms with Crippen LogP contribution in [0.2, 0.25) is 0 Å². The maximum absolute atomic E-state index is 11.2. The van der Waals surface area contributed by atoms with E-state index in [-0.39, 0.29) is 23.3 Å². The number of nitrogen functional groups attached to an aromatic ring is 1. The number of nitriles is 1. The fourth-order valence-electron chi connectivity index (χ4n) is 2.80. The van der Waals surface area contributed by atoms with Gasteiger partial charge in [-0.05, 0) is 31.1 Å². The van der Waals surface area contributed by atoms with E-state index >= 15 is 0 Å². The molecule has 1 aliphatic rings. The third kappa shape index (κ3) is 4.79. The Labute approximate surface area is 172 Å². The number of hydrogen-bond acceptors (Lipinski definition) is 9. The Hall–Kier alpha value is -4.20. The smallest absolute Gasteiger partial charge is 0.247 e. The minimum Gasteiger partial charge on any atom is -0.480 e. The van der Waals surface area contributed by atoms with Gasteiger partial charge in [-0.15, -0.1) is 5.10 Å². The molecule has 0 unspecified atom stereocenters. The second-order valence-corrected chi connectivity index (χ2v) is 6.28. The number of rotatable bonds is 4. The van der Waals surface area contributed by atoms with Crippen molar-refractivity contribution in [2.45, 2.75) is 12.8 Å². The van der Waals surface area contributed by atoms with E-state index in [1.54, 1.807) is 16.8 Å².